The van der Waals surface area contributed by atoms with Crippen molar-refractivity contribution in [1.82, 2.24) is 0 Å². The fraction of sp³-hybridized carbons (Fsp3) is 0.368. The van der Waals surface area contributed by atoms with Crippen LogP contribution in [-0.2, 0) is 25.6 Å². The fourth-order valence-corrected chi connectivity index (χ4v) is 9.59. The maximum Gasteiger partial charge on any atom is 0.238 e. The van der Waals surface area contributed by atoms with Crippen LogP contribution in [0.2, 0.25) is 0 Å². The van der Waals surface area contributed by atoms with E-state index in [1.54, 1.807) is 0 Å². The van der Waals surface area contributed by atoms with Crippen molar-refractivity contribution in [2.75, 3.05) is 9.80 Å². The zero-order chi connectivity index (χ0) is 30.3. The largest absolute Gasteiger partial charge is 0.274 e. The van der Waals surface area contributed by atoms with Crippen LogP contribution in [0.1, 0.15) is 43.2 Å². The Labute approximate surface area is 257 Å². The van der Waals surface area contributed by atoms with Gasteiger partial charge in [0, 0.05) is 5.41 Å². The lowest BCUT2D eigenvalue weighted by atomic mass is 9.72. The second-order valence-electron chi connectivity index (χ2n) is 13.6. The Morgan fingerprint density at radius 3 is 2.00 bits per heavy atom. The van der Waals surface area contributed by atoms with Crippen molar-refractivity contribution >= 4 is 35.0 Å². The average molecular weight is 585 g/mol. The highest BCUT2D eigenvalue weighted by Crippen LogP contribution is 2.62. The van der Waals surface area contributed by atoms with Gasteiger partial charge in [0.25, 0.3) is 0 Å². The summed E-state index contributed by atoms with van der Waals surface area (Å²) in [5.74, 6) is -0.873. The van der Waals surface area contributed by atoms with E-state index in [2.05, 4.69) is 31.4 Å². The lowest BCUT2D eigenvalue weighted by Crippen LogP contribution is -2.35. The van der Waals surface area contributed by atoms with Crippen LogP contribution in [0.25, 0.3) is 0 Å². The molecule has 6 heteroatoms. The van der Waals surface area contributed by atoms with Gasteiger partial charge in [-0.05, 0) is 91.7 Å². The van der Waals surface area contributed by atoms with E-state index in [-0.39, 0.29) is 70.5 Å². The van der Waals surface area contributed by atoms with Crippen LogP contribution in [0.4, 0.5) is 11.4 Å². The lowest BCUT2D eigenvalue weighted by molar-refractivity contribution is -0.125. The number of carbonyl (C=O) groups is 4. The molecule has 0 radical (unpaired) electrons. The number of amides is 4. The third-order valence-corrected chi connectivity index (χ3v) is 11.4. The Balaban J connectivity index is 0.953. The maximum atomic E-state index is 13.7. The summed E-state index contributed by atoms with van der Waals surface area (Å²) in [5, 5.41) is 0. The zero-order valence-electron chi connectivity index (χ0n) is 24.7. The van der Waals surface area contributed by atoms with Gasteiger partial charge in [-0.2, -0.15) is 0 Å². The van der Waals surface area contributed by atoms with Gasteiger partial charge < -0.3 is 0 Å². The smallest absolute Gasteiger partial charge is 0.238 e. The Bertz CT molecular complexity index is 1680. The second-order valence-corrected chi connectivity index (χ2v) is 13.6. The van der Waals surface area contributed by atoms with Gasteiger partial charge >= 0.3 is 0 Å². The summed E-state index contributed by atoms with van der Waals surface area (Å²) in [4.78, 5) is 56.8. The molecule has 0 spiro atoms. The Hall–Kier alpha value is -4.32. The molecular formula is C38H36N2O4. The molecule has 8 rings (SSSR count). The van der Waals surface area contributed by atoms with Gasteiger partial charge in [-0.1, -0.05) is 60.2 Å². The molecule has 8 atom stereocenters. The molecule has 4 bridgehead atoms. The normalized spacial score (nSPS) is 34.3. The van der Waals surface area contributed by atoms with E-state index in [9.17, 15) is 19.2 Å². The first-order chi connectivity index (χ1) is 21.3. The predicted molar refractivity (Wildman–Crippen MR) is 168 cm³/mol. The summed E-state index contributed by atoms with van der Waals surface area (Å²) < 4.78 is 0. The molecule has 4 fully saturated rings. The molecule has 4 amide bonds. The molecule has 222 valence electrons. The second kappa shape index (κ2) is 9.85. The summed E-state index contributed by atoms with van der Waals surface area (Å²) in [6.45, 7) is 7.70. The number of carbonyl (C=O) groups excluding carboxylic acids is 4. The molecule has 2 saturated heterocycles. The minimum Gasteiger partial charge on any atom is -0.274 e. The third-order valence-electron chi connectivity index (χ3n) is 11.4. The first-order valence-corrected chi connectivity index (χ1v) is 15.9. The summed E-state index contributed by atoms with van der Waals surface area (Å²) >= 11 is 0. The SMILES string of the molecule is C=CCCC12C=CC(C1)C1C(=O)N(c3ccc(Cc4ccc(N5C(=O)C6C7C=C(CC=C)C(C7)C6C5=O)cc4)cc3)C(=O)C12. The van der Waals surface area contributed by atoms with Crippen LogP contribution in [0.3, 0.4) is 0 Å². The van der Waals surface area contributed by atoms with E-state index in [1.165, 1.54) is 15.4 Å². The maximum absolute atomic E-state index is 13.7. The van der Waals surface area contributed by atoms with Crippen LogP contribution >= 0.6 is 0 Å². The van der Waals surface area contributed by atoms with Crippen LogP contribution in [0.5, 0.6) is 0 Å². The molecule has 0 N–H and O–H groups in total. The molecular weight excluding hydrogens is 548 g/mol. The quantitative estimate of drug-likeness (QED) is 0.261. The molecule has 8 unspecified atom stereocenters. The highest BCUT2D eigenvalue weighted by molar-refractivity contribution is 6.23. The molecule has 2 aliphatic heterocycles. The number of hydrogen-bond donors (Lipinski definition) is 0. The van der Waals surface area contributed by atoms with Crippen molar-refractivity contribution in [2.45, 2.75) is 38.5 Å². The van der Waals surface area contributed by atoms with Crippen molar-refractivity contribution < 1.29 is 19.2 Å². The van der Waals surface area contributed by atoms with Crippen LogP contribution in [0.15, 0.2) is 97.6 Å². The standard InChI is InChI=1S/C38H36N2O4/c1-3-5-16-38-17-15-25(21-38)31-33(38)37(44)40(35(31)42)28-13-9-23(10-14-28)18-22-7-11-27(12-8-22)39-34(41)30-26-19-24(6-4-2)29(20-26)32(30)36(39)43/h3-4,7-15,17,19,25-26,29-33H,1-2,5-6,16,18,20-21H2. The summed E-state index contributed by atoms with van der Waals surface area (Å²) in [6.07, 6.45) is 15.2. The third kappa shape index (κ3) is 3.72. The van der Waals surface area contributed by atoms with Crippen molar-refractivity contribution in [3.8, 4) is 0 Å². The number of anilines is 2. The Kier molecular flexibility index (Phi) is 6.10. The monoisotopic (exact) mass is 584 g/mol. The number of allylic oxidation sites excluding steroid dienone is 6. The molecule has 6 aliphatic rings. The van der Waals surface area contributed by atoms with E-state index in [0.717, 1.165) is 43.2 Å². The first-order valence-electron chi connectivity index (χ1n) is 15.9. The summed E-state index contributed by atoms with van der Waals surface area (Å²) in [7, 11) is 0. The molecule has 2 heterocycles. The van der Waals surface area contributed by atoms with Crippen LogP contribution in [-0.4, -0.2) is 23.6 Å². The van der Waals surface area contributed by atoms with Crippen LogP contribution in [0, 0.1) is 46.8 Å². The molecule has 2 aromatic rings. The number of benzene rings is 2. The molecule has 44 heavy (non-hydrogen) atoms. The molecule has 2 aromatic carbocycles. The first kappa shape index (κ1) is 27.2. The molecule has 0 aromatic heterocycles. The van der Waals surface area contributed by atoms with E-state index in [1.807, 2.05) is 60.7 Å². The van der Waals surface area contributed by atoms with Crippen molar-refractivity contribution in [2.24, 2.45) is 46.8 Å². The predicted octanol–water partition coefficient (Wildman–Crippen LogP) is 6.18. The highest BCUT2D eigenvalue weighted by atomic mass is 16.2. The van der Waals surface area contributed by atoms with Gasteiger partial charge in [-0.3, -0.25) is 29.0 Å². The zero-order valence-corrected chi connectivity index (χ0v) is 24.7. The van der Waals surface area contributed by atoms with Gasteiger partial charge in [0.1, 0.15) is 0 Å². The molecule has 2 saturated carbocycles. The number of hydrogen-bond acceptors (Lipinski definition) is 4. The number of nitrogens with zero attached hydrogens (tertiary/aromatic N) is 2. The lowest BCUT2D eigenvalue weighted by Gasteiger charge is -2.30. The van der Waals surface area contributed by atoms with Gasteiger partial charge in [-0.15, -0.1) is 13.2 Å². The summed E-state index contributed by atoms with van der Waals surface area (Å²) in [5.41, 5.74) is 4.38. The van der Waals surface area contributed by atoms with E-state index >= 15 is 0 Å². The fourth-order valence-electron chi connectivity index (χ4n) is 9.59. The van der Waals surface area contributed by atoms with Crippen molar-refractivity contribution in [1.29, 1.82) is 0 Å². The van der Waals surface area contributed by atoms with E-state index < -0.39 is 0 Å². The van der Waals surface area contributed by atoms with E-state index in [0.29, 0.717) is 17.8 Å². The number of rotatable bonds is 9. The average Bonchev–Trinajstić information content (AvgIpc) is 3.86. The summed E-state index contributed by atoms with van der Waals surface area (Å²) in [6, 6.07) is 15.3. The molecule has 6 nitrogen and oxygen atoms in total. The Morgan fingerprint density at radius 1 is 0.750 bits per heavy atom. The van der Waals surface area contributed by atoms with Gasteiger partial charge in [-0.25, -0.2) is 0 Å². The number of imide groups is 2. The number of fused-ring (bicyclic) bond motifs is 10. The van der Waals surface area contributed by atoms with Gasteiger partial charge in [0.2, 0.25) is 23.6 Å². The minimum atomic E-state index is -0.280. The topological polar surface area (TPSA) is 74.8 Å². The van der Waals surface area contributed by atoms with Gasteiger partial charge in [0.05, 0.1) is 35.0 Å². The highest BCUT2D eigenvalue weighted by Gasteiger charge is 2.66. The van der Waals surface area contributed by atoms with Crippen molar-refractivity contribution in [3.05, 3.63) is 109 Å². The van der Waals surface area contributed by atoms with Crippen LogP contribution < -0.4 is 9.80 Å². The Morgan fingerprint density at radius 2 is 1.36 bits per heavy atom. The van der Waals surface area contributed by atoms with E-state index in [4.69, 9.17) is 0 Å². The van der Waals surface area contributed by atoms with Crippen molar-refractivity contribution in [3.63, 3.8) is 0 Å². The van der Waals surface area contributed by atoms with Gasteiger partial charge in [0.15, 0.2) is 0 Å². The minimum absolute atomic E-state index is 0.0731. The molecule has 4 aliphatic carbocycles.